The first-order valence-corrected chi connectivity index (χ1v) is 7.45. The summed E-state index contributed by atoms with van der Waals surface area (Å²) in [6.07, 6.45) is 5.01. The van der Waals surface area contributed by atoms with Gasteiger partial charge in [0.1, 0.15) is 0 Å². The summed E-state index contributed by atoms with van der Waals surface area (Å²) in [5.74, 6) is 0.287. The molecular weight excluding hydrogens is 278 g/mol. The summed E-state index contributed by atoms with van der Waals surface area (Å²) in [5.41, 5.74) is 0.357. The Morgan fingerprint density at radius 3 is 2.60 bits per heavy atom. The summed E-state index contributed by atoms with van der Waals surface area (Å²) < 4.78 is 0. The van der Waals surface area contributed by atoms with Gasteiger partial charge in [-0.25, -0.2) is 0 Å². The molecule has 3 saturated heterocycles. The molecule has 0 radical (unpaired) electrons. The lowest BCUT2D eigenvalue weighted by Crippen LogP contribution is -2.43. The van der Waals surface area contributed by atoms with Crippen LogP contribution in [-0.4, -0.2) is 60.9 Å². The molecule has 3 aliphatic heterocycles. The Morgan fingerprint density at radius 1 is 1.20 bits per heavy atom. The van der Waals surface area contributed by atoms with Gasteiger partial charge in [-0.05, 0) is 44.2 Å². The second kappa shape index (κ2) is 6.31. The quantitative estimate of drug-likeness (QED) is 0.814. The number of hydrogen-bond donors (Lipinski definition) is 1. The van der Waals surface area contributed by atoms with Gasteiger partial charge in [0, 0.05) is 26.1 Å². The molecule has 0 saturated carbocycles. The first-order valence-electron chi connectivity index (χ1n) is 7.45. The number of halogens is 1. The van der Waals surface area contributed by atoms with Crippen molar-refractivity contribution >= 4 is 24.2 Å². The van der Waals surface area contributed by atoms with Gasteiger partial charge in [-0.2, -0.15) is 0 Å². The predicted octanol–water partition coefficient (Wildman–Crippen LogP) is 0.633. The molecule has 0 bridgehead atoms. The van der Waals surface area contributed by atoms with Crippen molar-refractivity contribution in [2.24, 2.45) is 5.41 Å². The van der Waals surface area contributed by atoms with Gasteiger partial charge in [-0.1, -0.05) is 0 Å². The maximum atomic E-state index is 12.3. The maximum absolute atomic E-state index is 12.3. The molecule has 0 atom stereocenters. The van der Waals surface area contributed by atoms with Gasteiger partial charge < -0.3 is 15.1 Å². The van der Waals surface area contributed by atoms with Gasteiger partial charge in [-0.3, -0.25) is 9.59 Å². The summed E-state index contributed by atoms with van der Waals surface area (Å²) in [4.78, 5) is 27.6. The molecule has 3 fully saturated rings. The maximum Gasteiger partial charge on any atom is 0.242 e. The lowest BCUT2D eigenvalue weighted by molar-refractivity contribution is -0.138. The minimum absolute atomic E-state index is 0. The van der Waals surface area contributed by atoms with E-state index >= 15 is 0 Å². The van der Waals surface area contributed by atoms with Crippen LogP contribution in [0.4, 0.5) is 0 Å². The Balaban J connectivity index is 0.00000147. The van der Waals surface area contributed by atoms with Crippen LogP contribution in [0.2, 0.25) is 0 Å². The highest BCUT2D eigenvalue weighted by Crippen LogP contribution is 2.38. The second-order valence-corrected chi connectivity index (χ2v) is 6.23. The number of nitrogens with zero attached hydrogens (tertiary/aromatic N) is 2. The highest BCUT2D eigenvalue weighted by molar-refractivity contribution is 5.86. The van der Waals surface area contributed by atoms with Crippen molar-refractivity contribution in [3.8, 4) is 0 Å². The molecular formula is C14H24ClN3O2. The average molecular weight is 302 g/mol. The van der Waals surface area contributed by atoms with Crippen LogP contribution in [-0.2, 0) is 9.59 Å². The van der Waals surface area contributed by atoms with E-state index in [-0.39, 0.29) is 24.2 Å². The molecule has 0 aromatic carbocycles. The minimum atomic E-state index is 0. The number of carbonyl (C=O) groups excluding carboxylic acids is 2. The van der Waals surface area contributed by atoms with Crippen LogP contribution in [0.1, 0.15) is 32.1 Å². The molecule has 0 aliphatic carbocycles. The Kier molecular flexibility index (Phi) is 4.91. The van der Waals surface area contributed by atoms with E-state index in [1.807, 2.05) is 4.90 Å². The highest BCUT2D eigenvalue weighted by atomic mass is 35.5. The summed E-state index contributed by atoms with van der Waals surface area (Å²) in [6, 6.07) is 0. The molecule has 114 valence electrons. The Hall–Kier alpha value is -0.810. The zero-order valence-corrected chi connectivity index (χ0v) is 12.7. The lowest BCUT2D eigenvalue weighted by Gasteiger charge is -2.33. The Labute approximate surface area is 126 Å². The van der Waals surface area contributed by atoms with E-state index in [0.717, 1.165) is 45.6 Å². The molecule has 20 heavy (non-hydrogen) atoms. The zero-order chi connectivity index (χ0) is 13.3. The fourth-order valence-electron chi connectivity index (χ4n) is 3.65. The Bertz CT molecular complexity index is 383. The average Bonchev–Trinajstić information content (AvgIpc) is 2.99. The van der Waals surface area contributed by atoms with Crippen molar-refractivity contribution in [2.45, 2.75) is 32.1 Å². The minimum Gasteiger partial charge on any atom is -0.341 e. The molecule has 3 heterocycles. The zero-order valence-electron chi connectivity index (χ0n) is 11.9. The van der Waals surface area contributed by atoms with E-state index in [2.05, 4.69) is 5.32 Å². The van der Waals surface area contributed by atoms with Crippen LogP contribution in [0, 0.1) is 5.41 Å². The number of piperidine rings is 1. The van der Waals surface area contributed by atoms with Crippen molar-refractivity contribution < 1.29 is 9.59 Å². The van der Waals surface area contributed by atoms with Gasteiger partial charge in [0.25, 0.3) is 0 Å². The standard InChI is InChI=1S/C14H23N3O2.ClH/c18-12-2-1-8-16(12)10-13(19)17-9-5-14(11-17)3-6-15-7-4-14;/h15H,1-11H2;1H. The van der Waals surface area contributed by atoms with E-state index in [1.54, 1.807) is 4.90 Å². The fraction of sp³-hybridized carbons (Fsp3) is 0.857. The topological polar surface area (TPSA) is 52.7 Å². The largest absolute Gasteiger partial charge is 0.341 e. The number of rotatable bonds is 2. The molecule has 3 rings (SSSR count). The smallest absolute Gasteiger partial charge is 0.242 e. The third-order valence-corrected chi connectivity index (χ3v) is 4.95. The lowest BCUT2D eigenvalue weighted by atomic mass is 9.78. The predicted molar refractivity (Wildman–Crippen MR) is 78.8 cm³/mol. The summed E-state index contributed by atoms with van der Waals surface area (Å²) >= 11 is 0. The van der Waals surface area contributed by atoms with Gasteiger partial charge in [0.15, 0.2) is 0 Å². The first-order chi connectivity index (χ1) is 9.19. The fourth-order valence-corrected chi connectivity index (χ4v) is 3.65. The van der Waals surface area contributed by atoms with Gasteiger partial charge >= 0.3 is 0 Å². The highest BCUT2D eigenvalue weighted by Gasteiger charge is 2.40. The first kappa shape index (κ1) is 15.6. The molecule has 0 aromatic heterocycles. The van der Waals surface area contributed by atoms with E-state index in [9.17, 15) is 9.59 Å². The van der Waals surface area contributed by atoms with Crippen LogP contribution >= 0.6 is 12.4 Å². The summed E-state index contributed by atoms with van der Waals surface area (Å²) in [5, 5.41) is 3.39. The molecule has 0 unspecified atom stereocenters. The van der Waals surface area contributed by atoms with E-state index in [0.29, 0.717) is 18.4 Å². The molecule has 1 N–H and O–H groups in total. The molecule has 0 aromatic rings. The van der Waals surface area contributed by atoms with Crippen LogP contribution in [0.3, 0.4) is 0 Å². The number of likely N-dealkylation sites (tertiary alicyclic amines) is 2. The van der Waals surface area contributed by atoms with E-state index in [1.165, 1.54) is 12.8 Å². The molecule has 6 heteroatoms. The molecule has 2 amide bonds. The number of nitrogens with one attached hydrogen (secondary N) is 1. The summed E-state index contributed by atoms with van der Waals surface area (Å²) in [7, 11) is 0. The second-order valence-electron chi connectivity index (χ2n) is 6.23. The van der Waals surface area contributed by atoms with E-state index < -0.39 is 0 Å². The van der Waals surface area contributed by atoms with Gasteiger partial charge in [0.05, 0.1) is 6.54 Å². The summed E-state index contributed by atoms with van der Waals surface area (Å²) in [6.45, 7) is 4.98. The number of hydrogen-bond acceptors (Lipinski definition) is 3. The van der Waals surface area contributed by atoms with Crippen molar-refractivity contribution in [3.63, 3.8) is 0 Å². The van der Waals surface area contributed by atoms with Crippen LogP contribution in [0.5, 0.6) is 0 Å². The molecule has 1 spiro atoms. The van der Waals surface area contributed by atoms with Crippen LogP contribution in [0.25, 0.3) is 0 Å². The SMILES string of the molecule is Cl.O=C1CCCN1CC(=O)N1CCC2(CCNCC2)C1. The van der Waals surface area contributed by atoms with Crippen LogP contribution < -0.4 is 5.32 Å². The van der Waals surface area contributed by atoms with Crippen molar-refractivity contribution in [3.05, 3.63) is 0 Å². The number of carbonyl (C=O) groups is 2. The Morgan fingerprint density at radius 2 is 1.95 bits per heavy atom. The normalized spacial score (nSPS) is 25.1. The van der Waals surface area contributed by atoms with E-state index in [4.69, 9.17) is 0 Å². The molecule has 5 nitrogen and oxygen atoms in total. The van der Waals surface area contributed by atoms with Crippen molar-refractivity contribution in [1.82, 2.24) is 15.1 Å². The monoisotopic (exact) mass is 301 g/mol. The third-order valence-electron chi connectivity index (χ3n) is 4.95. The van der Waals surface area contributed by atoms with Crippen molar-refractivity contribution in [2.75, 3.05) is 39.3 Å². The van der Waals surface area contributed by atoms with Gasteiger partial charge in [0.2, 0.25) is 11.8 Å². The van der Waals surface area contributed by atoms with Crippen molar-refractivity contribution in [1.29, 1.82) is 0 Å². The molecule has 3 aliphatic rings. The number of amides is 2. The van der Waals surface area contributed by atoms with Gasteiger partial charge in [-0.15, -0.1) is 12.4 Å². The van der Waals surface area contributed by atoms with Crippen LogP contribution in [0.15, 0.2) is 0 Å². The third kappa shape index (κ3) is 3.09.